The molecule has 1 aliphatic carbocycles. The van der Waals surface area contributed by atoms with Gasteiger partial charge in [0.1, 0.15) is 5.82 Å². The van der Waals surface area contributed by atoms with Crippen LogP contribution >= 0.6 is 23.1 Å². The first-order valence-electron chi connectivity index (χ1n) is 11.5. The van der Waals surface area contributed by atoms with Crippen LogP contribution in [0.5, 0.6) is 0 Å². The molecule has 2 aliphatic rings. The monoisotopic (exact) mass is 475 g/mol. The molecule has 168 valence electrons. The number of likely N-dealkylation sites (tertiary alicyclic amines) is 1. The predicted octanol–water partition coefficient (Wildman–Crippen LogP) is 5.25. The molecular weight excluding hydrogens is 450 g/mol. The van der Waals surface area contributed by atoms with Crippen molar-refractivity contribution < 1.29 is 4.79 Å². The summed E-state index contributed by atoms with van der Waals surface area (Å²) in [5, 5.41) is 10.9. The molecule has 6 nitrogen and oxygen atoms in total. The van der Waals surface area contributed by atoms with E-state index in [0.29, 0.717) is 17.6 Å². The lowest BCUT2D eigenvalue weighted by atomic mass is 9.97. The Labute approximate surface area is 201 Å². The lowest BCUT2D eigenvalue weighted by Crippen LogP contribution is -2.39. The maximum atomic E-state index is 13.0. The molecule has 2 aromatic carbocycles. The molecule has 8 heteroatoms. The van der Waals surface area contributed by atoms with E-state index in [9.17, 15) is 4.79 Å². The summed E-state index contributed by atoms with van der Waals surface area (Å²) < 4.78 is 3.38. The number of hydrogen-bond donors (Lipinski definition) is 0. The van der Waals surface area contributed by atoms with E-state index in [4.69, 9.17) is 4.98 Å². The Bertz CT molecular complexity index is 1240. The van der Waals surface area contributed by atoms with E-state index in [-0.39, 0.29) is 5.91 Å². The van der Waals surface area contributed by atoms with Crippen LogP contribution < -0.4 is 0 Å². The van der Waals surface area contributed by atoms with Gasteiger partial charge in [-0.25, -0.2) is 4.98 Å². The summed E-state index contributed by atoms with van der Waals surface area (Å²) in [4.78, 5) is 19.8. The first kappa shape index (κ1) is 20.9. The SMILES string of the molecule is O=C(CSc1nnc(C2CC2)n1-c1ccccc1)N1CCC(c2nc3ccccc3s2)CC1. The van der Waals surface area contributed by atoms with E-state index in [1.54, 1.807) is 11.3 Å². The molecule has 6 rings (SSSR count). The Morgan fingerprint density at radius 2 is 1.70 bits per heavy atom. The minimum atomic E-state index is 0.179. The topological polar surface area (TPSA) is 63.9 Å². The molecule has 4 aromatic rings. The Balaban J connectivity index is 1.10. The quantitative estimate of drug-likeness (QED) is 0.356. The second-order valence-corrected chi connectivity index (χ2v) is 10.8. The average molecular weight is 476 g/mol. The van der Waals surface area contributed by atoms with E-state index in [1.807, 2.05) is 29.2 Å². The number of thiazole rings is 1. The smallest absolute Gasteiger partial charge is 0.233 e. The lowest BCUT2D eigenvalue weighted by molar-refractivity contribution is -0.129. The van der Waals surface area contributed by atoms with E-state index >= 15 is 0 Å². The molecule has 0 unspecified atom stereocenters. The predicted molar refractivity (Wildman–Crippen MR) is 132 cm³/mol. The highest BCUT2D eigenvalue weighted by Crippen LogP contribution is 2.41. The van der Waals surface area contributed by atoms with Gasteiger partial charge in [0.15, 0.2) is 5.16 Å². The molecule has 2 aromatic heterocycles. The Hall–Kier alpha value is -2.71. The van der Waals surface area contributed by atoms with Crippen LogP contribution in [-0.2, 0) is 4.79 Å². The Kier molecular flexibility index (Phi) is 5.63. The van der Waals surface area contributed by atoms with Crippen LogP contribution in [-0.4, -0.2) is 49.4 Å². The number of hydrogen-bond acceptors (Lipinski definition) is 6. The zero-order valence-corrected chi connectivity index (χ0v) is 19.9. The van der Waals surface area contributed by atoms with Crippen LogP contribution in [0.1, 0.15) is 48.4 Å². The summed E-state index contributed by atoms with van der Waals surface area (Å²) in [7, 11) is 0. The third-order valence-electron chi connectivity index (χ3n) is 6.45. The van der Waals surface area contributed by atoms with Crippen LogP contribution in [0.4, 0.5) is 0 Å². The normalized spacial score (nSPS) is 17.0. The van der Waals surface area contributed by atoms with Crippen molar-refractivity contribution in [3.05, 3.63) is 65.4 Å². The van der Waals surface area contributed by atoms with Crippen molar-refractivity contribution in [1.29, 1.82) is 0 Å². The number of fused-ring (bicyclic) bond motifs is 1. The summed E-state index contributed by atoms with van der Waals surface area (Å²) in [6.45, 7) is 1.58. The van der Waals surface area contributed by atoms with E-state index in [2.05, 4.69) is 45.1 Å². The molecule has 0 spiro atoms. The van der Waals surface area contributed by atoms with Gasteiger partial charge in [-0.05, 0) is 49.9 Å². The van der Waals surface area contributed by atoms with Crippen LogP contribution in [0.3, 0.4) is 0 Å². The van der Waals surface area contributed by atoms with E-state index < -0.39 is 0 Å². The van der Waals surface area contributed by atoms with Crippen molar-refractivity contribution in [2.75, 3.05) is 18.8 Å². The van der Waals surface area contributed by atoms with Crippen LogP contribution in [0.2, 0.25) is 0 Å². The fraction of sp³-hybridized carbons (Fsp3) is 0.360. The first-order chi connectivity index (χ1) is 16.3. The second-order valence-electron chi connectivity index (χ2n) is 8.75. The average Bonchev–Trinajstić information content (AvgIpc) is 3.47. The van der Waals surface area contributed by atoms with Gasteiger partial charge >= 0.3 is 0 Å². The van der Waals surface area contributed by atoms with Gasteiger partial charge in [-0.1, -0.05) is 42.1 Å². The molecular formula is C25H25N5OS2. The van der Waals surface area contributed by atoms with Crippen LogP contribution in [0.25, 0.3) is 15.9 Å². The largest absolute Gasteiger partial charge is 0.342 e. The highest BCUT2D eigenvalue weighted by atomic mass is 32.2. The second kappa shape index (κ2) is 8.91. The summed E-state index contributed by atoms with van der Waals surface area (Å²) in [5.74, 6) is 2.53. The fourth-order valence-corrected chi connectivity index (χ4v) is 6.46. The lowest BCUT2D eigenvalue weighted by Gasteiger charge is -2.31. The van der Waals surface area contributed by atoms with Gasteiger partial charge in [0.25, 0.3) is 0 Å². The van der Waals surface area contributed by atoms with E-state index in [0.717, 1.165) is 61.0 Å². The minimum Gasteiger partial charge on any atom is -0.342 e. The number of carbonyl (C=O) groups excluding carboxylic acids is 1. The molecule has 2 fully saturated rings. The number of piperidine rings is 1. The van der Waals surface area contributed by atoms with E-state index in [1.165, 1.54) is 21.5 Å². The third kappa shape index (κ3) is 4.29. The minimum absolute atomic E-state index is 0.179. The van der Waals surface area contributed by atoms with Gasteiger partial charge in [-0.3, -0.25) is 9.36 Å². The van der Waals surface area contributed by atoms with Crippen molar-refractivity contribution in [2.45, 2.75) is 42.7 Å². The zero-order chi connectivity index (χ0) is 22.2. The number of aromatic nitrogens is 4. The molecule has 1 amide bonds. The number of thioether (sulfide) groups is 1. The highest BCUT2D eigenvalue weighted by Gasteiger charge is 2.31. The number of para-hydroxylation sites is 2. The molecule has 33 heavy (non-hydrogen) atoms. The standard InChI is InChI=1S/C25H25N5OS2/c31-22(29-14-12-18(13-15-29)24-26-20-8-4-5-9-21(20)33-24)16-32-25-28-27-23(17-10-11-17)30(25)19-6-2-1-3-7-19/h1-9,17-18H,10-16H2. The zero-order valence-electron chi connectivity index (χ0n) is 18.3. The van der Waals surface area contributed by atoms with Crippen molar-refractivity contribution in [3.63, 3.8) is 0 Å². The van der Waals surface area contributed by atoms with Crippen LogP contribution in [0.15, 0.2) is 59.8 Å². The summed E-state index contributed by atoms with van der Waals surface area (Å²) in [5.41, 5.74) is 2.15. The van der Waals surface area contributed by atoms with Crippen molar-refractivity contribution in [1.82, 2.24) is 24.6 Å². The summed E-state index contributed by atoms with van der Waals surface area (Å²) in [6, 6.07) is 18.5. The van der Waals surface area contributed by atoms with Gasteiger partial charge < -0.3 is 4.90 Å². The highest BCUT2D eigenvalue weighted by molar-refractivity contribution is 7.99. The van der Waals surface area contributed by atoms with Crippen molar-refractivity contribution in [2.24, 2.45) is 0 Å². The molecule has 1 aliphatic heterocycles. The maximum Gasteiger partial charge on any atom is 0.233 e. The van der Waals surface area contributed by atoms with Gasteiger partial charge in [0.2, 0.25) is 5.91 Å². The molecule has 0 radical (unpaired) electrons. The molecule has 1 saturated carbocycles. The third-order valence-corrected chi connectivity index (χ3v) is 8.56. The number of rotatable bonds is 6. The van der Waals surface area contributed by atoms with Crippen molar-refractivity contribution >= 4 is 39.2 Å². The number of carbonyl (C=O) groups is 1. The van der Waals surface area contributed by atoms with Gasteiger partial charge in [0, 0.05) is 30.6 Å². The number of amides is 1. The van der Waals surface area contributed by atoms with Gasteiger partial charge in [-0.2, -0.15) is 0 Å². The van der Waals surface area contributed by atoms with Crippen molar-refractivity contribution in [3.8, 4) is 5.69 Å². The Morgan fingerprint density at radius 3 is 2.45 bits per heavy atom. The first-order valence-corrected chi connectivity index (χ1v) is 13.3. The van der Waals surface area contributed by atoms with Gasteiger partial charge in [0.05, 0.1) is 21.0 Å². The number of benzene rings is 2. The summed E-state index contributed by atoms with van der Waals surface area (Å²) in [6.07, 6.45) is 4.28. The molecule has 0 bridgehead atoms. The molecule has 3 heterocycles. The fourth-order valence-electron chi connectivity index (χ4n) is 4.46. The maximum absolute atomic E-state index is 13.0. The Morgan fingerprint density at radius 1 is 0.939 bits per heavy atom. The number of nitrogens with zero attached hydrogens (tertiary/aromatic N) is 5. The van der Waals surface area contributed by atoms with Crippen LogP contribution in [0, 0.1) is 0 Å². The molecule has 0 atom stereocenters. The van der Waals surface area contributed by atoms with Gasteiger partial charge in [-0.15, -0.1) is 21.5 Å². The molecule has 1 saturated heterocycles. The summed E-state index contributed by atoms with van der Waals surface area (Å²) >= 11 is 3.29. The molecule has 0 N–H and O–H groups in total.